The zero-order valence-electron chi connectivity index (χ0n) is 10.3. The summed E-state index contributed by atoms with van der Waals surface area (Å²) in [5.41, 5.74) is -2.97. The highest BCUT2D eigenvalue weighted by Gasteiger charge is 2.65. The summed E-state index contributed by atoms with van der Waals surface area (Å²) in [6.07, 6.45) is -5.59. The van der Waals surface area contributed by atoms with E-state index in [1.807, 2.05) is 0 Å². The summed E-state index contributed by atoms with van der Waals surface area (Å²) in [4.78, 5) is -1.02. The van der Waals surface area contributed by atoms with Gasteiger partial charge in [-0.3, -0.25) is 0 Å². The SMILES string of the molecule is O=S(=O)(NC1(C(F)(F)F)CC1)c1cc(Cl)cc(CO)c1F. The fourth-order valence-corrected chi connectivity index (χ4v) is 3.71. The van der Waals surface area contributed by atoms with Crippen LogP contribution in [0, 0.1) is 5.82 Å². The van der Waals surface area contributed by atoms with Gasteiger partial charge >= 0.3 is 6.18 Å². The average molecular weight is 348 g/mol. The number of rotatable bonds is 4. The van der Waals surface area contributed by atoms with Crippen molar-refractivity contribution in [1.82, 2.24) is 4.72 Å². The van der Waals surface area contributed by atoms with Gasteiger partial charge in [0.1, 0.15) is 16.3 Å². The van der Waals surface area contributed by atoms with Crippen molar-refractivity contribution in [3.05, 3.63) is 28.5 Å². The Morgan fingerprint density at radius 1 is 1.33 bits per heavy atom. The first kappa shape index (κ1) is 16.5. The molecule has 0 saturated heterocycles. The molecule has 0 heterocycles. The van der Waals surface area contributed by atoms with Crippen LogP contribution >= 0.6 is 11.6 Å². The molecule has 0 unspecified atom stereocenters. The van der Waals surface area contributed by atoms with E-state index in [4.69, 9.17) is 16.7 Å². The highest BCUT2D eigenvalue weighted by Crippen LogP contribution is 2.49. The summed E-state index contributed by atoms with van der Waals surface area (Å²) in [5, 5.41) is 8.70. The molecule has 1 aromatic carbocycles. The van der Waals surface area contributed by atoms with E-state index in [1.165, 1.54) is 4.72 Å². The third kappa shape index (κ3) is 3.01. The van der Waals surface area contributed by atoms with Crippen LogP contribution in [0.1, 0.15) is 18.4 Å². The molecule has 2 rings (SSSR count). The highest BCUT2D eigenvalue weighted by atomic mass is 35.5. The van der Waals surface area contributed by atoms with Crippen molar-refractivity contribution >= 4 is 21.6 Å². The number of aliphatic hydroxyl groups is 1. The summed E-state index contributed by atoms with van der Waals surface area (Å²) in [6, 6.07) is 1.69. The smallest absolute Gasteiger partial charge is 0.392 e. The standard InChI is InChI=1S/C11H10ClF4NO3S/c12-7-3-6(5-18)9(13)8(4-7)21(19,20)17-10(1-2-10)11(14,15)16/h3-4,17-18H,1-2,5H2. The Labute approximate surface area is 122 Å². The Morgan fingerprint density at radius 2 is 1.90 bits per heavy atom. The Morgan fingerprint density at radius 3 is 2.33 bits per heavy atom. The quantitative estimate of drug-likeness (QED) is 0.822. The van der Waals surface area contributed by atoms with E-state index < -0.39 is 57.5 Å². The van der Waals surface area contributed by atoms with Crippen molar-refractivity contribution < 1.29 is 31.1 Å². The Balaban J connectivity index is 2.44. The van der Waals surface area contributed by atoms with Gasteiger partial charge in [0, 0.05) is 10.6 Å². The Bertz CT molecular complexity index is 671. The predicted molar refractivity (Wildman–Crippen MR) is 65.7 cm³/mol. The number of benzene rings is 1. The summed E-state index contributed by atoms with van der Waals surface area (Å²) in [6.45, 7) is -0.834. The van der Waals surface area contributed by atoms with Crippen molar-refractivity contribution in [3.8, 4) is 0 Å². The van der Waals surface area contributed by atoms with Gasteiger partial charge in [-0.1, -0.05) is 11.6 Å². The molecule has 118 valence electrons. The molecule has 0 amide bonds. The van der Waals surface area contributed by atoms with Gasteiger partial charge in [-0.25, -0.2) is 12.8 Å². The minimum absolute atomic E-state index is 0.210. The first-order valence-electron chi connectivity index (χ1n) is 5.72. The first-order chi connectivity index (χ1) is 9.52. The molecule has 0 atom stereocenters. The van der Waals surface area contributed by atoms with Gasteiger partial charge in [-0.05, 0) is 25.0 Å². The molecule has 0 spiro atoms. The molecule has 1 fully saturated rings. The van der Waals surface area contributed by atoms with Gasteiger partial charge in [0.05, 0.1) is 6.61 Å². The summed E-state index contributed by atoms with van der Waals surface area (Å²) in [5.74, 6) is -1.33. The second-order valence-corrected chi connectivity index (χ2v) is 6.81. The molecular formula is C11H10ClF4NO3S. The van der Waals surface area contributed by atoms with Crippen LogP contribution in [0.15, 0.2) is 17.0 Å². The number of alkyl halides is 3. The highest BCUT2D eigenvalue weighted by molar-refractivity contribution is 7.89. The topological polar surface area (TPSA) is 66.4 Å². The Hall–Kier alpha value is -0.900. The van der Waals surface area contributed by atoms with Gasteiger partial charge in [0.25, 0.3) is 0 Å². The second kappa shape index (κ2) is 5.08. The van der Waals surface area contributed by atoms with E-state index in [2.05, 4.69) is 0 Å². The molecule has 1 aliphatic carbocycles. The van der Waals surface area contributed by atoms with Crippen LogP contribution < -0.4 is 4.72 Å². The van der Waals surface area contributed by atoms with Crippen molar-refractivity contribution in [3.63, 3.8) is 0 Å². The molecule has 10 heteroatoms. The molecule has 0 bridgehead atoms. The van der Waals surface area contributed by atoms with Gasteiger partial charge in [0.15, 0.2) is 0 Å². The van der Waals surface area contributed by atoms with Crippen LogP contribution in [0.2, 0.25) is 5.02 Å². The minimum atomic E-state index is -4.77. The van der Waals surface area contributed by atoms with E-state index in [9.17, 15) is 26.0 Å². The largest absolute Gasteiger partial charge is 0.407 e. The molecule has 1 saturated carbocycles. The lowest BCUT2D eigenvalue weighted by atomic mass is 10.2. The van der Waals surface area contributed by atoms with Gasteiger partial charge < -0.3 is 5.11 Å². The zero-order valence-corrected chi connectivity index (χ0v) is 11.9. The predicted octanol–water partition coefficient (Wildman–Crippen LogP) is 2.34. The fraction of sp³-hybridized carbons (Fsp3) is 0.455. The van der Waals surface area contributed by atoms with E-state index in [1.54, 1.807) is 0 Å². The van der Waals surface area contributed by atoms with Crippen LogP contribution in [-0.2, 0) is 16.6 Å². The van der Waals surface area contributed by atoms with Crippen molar-refractivity contribution in [2.75, 3.05) is 0 Å². The van der Waals surface area contributed by atoms with Crippen LogP contribution in [0.4, 0.5) is 17.6 Å². The molecule has 1 aliphatic rings. The zero-order chi connectivity index (χ0) is 16.1. The lowest BCUT2D eigenvalue weighted by molar-refractivity contribution is -0.160. The molecule has 0 aliphatic heterocycles. The summed E-state index contributed by atoms with van der Waals surface area (Å²) < 4.78 is 77.7. The number of hydrogen-bond acceptors (Lipinski definition) is 3. The lowest BCUT2D eigenvalue weighted by Crippen LogP contribution is -2.47. The fourth-order valence-electron chi connectivity index (χ4n) is 1.81. The number of hydrogen-bond donors (Lipinski definition) is 2. The van der Waals surface area contributed by atoms with Crippen molar-refractivity contribution in [2.45, 2.75) is 36.1 Å². The minimum Gasteiger partial charge on any atom is -0.392 e. The van der Waals surface area contributed by atoms with Gasteiger partial charge in [-0.2, -0.15) is 17.9 Å². The lowest BCUT2D eigenvalue weighted by Gasteiger charge is -2.21. The normalized spacial score (nSPS) is 17.8. The van der Waals surface area contributed by atoms with Crippen molar-refractivity contribution in [2.24, 2.45) is 0 Å². The molecular weight excluding hydrogens is 338 g/mol. The maximum Gasteiger partial charge on any atom is 0.407 e. The first-order valence-corrected chi connectivity index (χ1v) is 7.58. The maximum atomic E-state index is 13.9. The van der Waals surface area contributed by atoms with Crippen LogP contribution in [0.25, 0.3) is 0 Å². The van der Waals surface area contributed by atoms with Gasteiger partial charge in [0.2, 0.25) is 10.0 Å². The number of nitrogens with one attached hydrogen (secondary N) is 1. The summed E-state index contributed by atoms with van der Waals surface area (Å²) >= 11 is 5.59. The number of halogens is 5. The molecule has 21 heavy (non-hydrogen) atoms. The molecule has 2 N–H and O–H groups in total. The molecule has 1 aromatic rings. The molecule has 0 radical (unpaired) electrons. The number of sulfonamides is 1. The van der Waals surface area contributed by atoms with E-state index in [0.29, 0.717) is 6.07 Å². The second-order valence-electron chi connectivity index (χ2n) is 4.72. The third-order valence-corrected chi connectivity index (χ3v) is 4.92. The summed E-state index contributed by atoms with van der Waals surface area (Å²) in [7, 11) is -4.76. The molecule has 0 aromatic heterocycles. The van der Waals surface area contributed by atoms with Crippen LogP contribution in [0.5, 0.6) is 0 Å². The van der Waals surface area contributed by atoms with Crippen molar-refractivity contribution in [1.29, 1.82) is 0 Å². The third-order valence-electron chi connectivity index (χ3n) is 3.16. The molecule has 4 nitrogen and oxygen atoms in total. The maximum absolute atomic E-state index is 13.9. The van der Waals surface area contributed by atoms with Crippen LogP contribution in [-0.4, -0.2) is 25.2 Å². The Kier molecular flexibility index (Phi) is 3.98. The monoisotopic (exact) mass is 347 g/mol. The van der Waals surface area contributed by atoms with Crippen LogP contribution in [0.3, 0.4) is 0 Å². The van der Waals surface area contributed by atoms with E-state index in [-0.39, 0.29) is 5.02 Å². The van der Waals surface area contributed by atoms with E-state index in [0.717, 1.165) is 6.07 Å². The van der Waals surface area contributed by atoms with E-state index >= 15 is 0 Å². The van der Waals surface area contributed by atoms with Gasteiger partial charge in [-0.15, -0.1) is 0 Å². The number of aliphatic hydroxyl groups excluding tert-OH is 1. The average Bonchev–Trinajstić information content (AvgIpc) is 3.11.